The second kappa shape index (κ2) is 5.94. The molecule has 0 atom stereocenters. The third-order valence-corrected chi connectivity index (χ3v) is 2.69. The van der Waals surface area contributed by atoms with E-state index < -0.39 is 18.3 Å². The van der Waals surface area contributed by atoms with Crippen LogP contribution in [0.25, 0.3) is 0 Å². The van der Waals surface area contributed by atoms with Crippen molar-refractivity contribution in [1.29, 1.82) is 0 Å². The number of hydrogen-bond acceptors (Lipinski definition) is 6. The molecular formula is C9H12N3O6-3. The van der Waals surface area contributed by atoms with Crippen LogP contribution in [-0.2, 0) is 0 Å². The predicted molar refractivity (Wildman–Crippen MR) is 50.9 cm³/mol. The topological polar surface area (TPSA) is 130 Å². The first-order valence-corrected chi connectivity index (χ1v) is 5.29. The van der Waals surface area contributed by atoms with Crippen LogP contribution < -0.4 is 15.3 Å². The minimum absolute atomic E-state index is 0.0861. The van der Waals surface area contributed by atoms with E-state index in [1.54, 1.807) is 0 Å². The smallest absolute Gasteiger partial charge is 0.137 e. The molecule has 1 aliphatic rings. The zero-order valence-corrected chi connectivity index (χ0v) is 9.53. The van der Waals surface area contributed by atoms with E-state index in [4.69, 9.17) is 0 Å². The minimum atomic E-state index is -1.48. The van der Waals surface area contributed by atoms with E-state index in [2.05, 4.69) is 0 Å². The molecule has 0 bridgehead atoms. The number of carboxylic acid groups (broad SMARTS) is 3. The lowest BCUT2D eigenvalue weighted by atomic mass is 10.4. The summed E-state index contributed by atoms with van der Waals surface area (Å²) in [6.45, 7) is -0.517. The fourth-order valence-electron chi connectivity index (χ4n) is 1.61. The molecule has 1 saturated heterocycles. The monoisotopic (exact) mass is 258 g/mol. The van der Waals surface area contributed by atoms with Crippen molar-refractivity contribution in [1.82, 2.24) is 14.7 Å². The van der Waals surface area contributed by atoms with Crippen molar-refractivity contribution < 1.29 is 29.7 Å². The molecule has 0 aromatic rings. The van der Waals surface area contributed by atoms with Crippen LogP contribution in [0.1, 0.15) is 0 Å². The van der Waals surface area contributed by atoms with Crippen LogP contribution in [-0.4, -0.2) is 72.2 Å². The van der Waals surface area contributed by atoms with Gasteiger partial charge in [-0.25, -0.2) is 0 Å². The Morgan fingerprint density at radius 2 is 0.722 bits per heavy atom. The molecule has 0 aliphatic carbocycles. The fourth-order valence-corrected chi connectivity index (χ4v) is 1.61. The van der Waals surface area contributed by atoms with Gasteiger partial charge in [-0.2, -0.15) is 0 Å². The van der Waals surface area contributed by atoms with Crippen LogP contribution in [0.2, 0.25) is 0 Å². The van der Waals surface area contributed by atoms with Crippen molar-refractivity contribution in [3.05, 3.63) is 0 Å². The SMILES string of the molecule is O=C([O-])N1CCN(C(=O)[O-])CCN(C(=O)[O-])CC1. The second-order valence-corrected chi connectivity index (χ2v) is 3.76. The van der Waals surface area contributed by atoms with E-state index >= 15 is 0 Å². The van der Waals surface area contributed by atoms with E-state index in [0.717, 1.165) is 14.7 Å². The molecule has 18 heavy (non-hydrogen) atoms. The van der Waals surface area contributed by atoms with Crippen LogP contribution in [0.15, 0.2) is 0 Å². The van der Waals surface area contributed by atoms with Crippen molar-refractivity contribution in [3.63, 3.8) is 0 Å². The lowest BCUT2D eigenvalue weighted by molar-refractivity contribution is -0.270. The van der Waals surface area contributed by atoms with Crippen molar-refractivity contribution >= 4 is 18.3 Å². The molecule has 3 amide bonds. The number of hydrogen-bond donors (Lipinski definition) is 0. The van der Waals surface area contributed by atoms with E-state index in [0.29, 0.717) is 0 Å². The summed E-state index contributed by atoms with van der Waals surface area (Å²) in [5, 5.41) is 32.2. The maximum Gasteiger partial charge on any atom is 0.137 e. The maximum atomic E-state index is 10.7. The average Bonchev–Trinajstić information content (AvgIpc) is 2.37. The molecule has 9 heteroatoms. The van der Waals surface area contributed by atoms with Gasteiger partial charge in [-0.3, -0.25) is 0 Å². The molecule has 1 fully saturated rings. The fraction of sp³-hybridized carbons (Fsp3) is 0.667. The number of carbonyl (C=O) groups excluding carboxylic acids is 3. The van der Waals surface area contributed by atoms with Gasteiger partial charge < -0.3 is 44.4 Å². The number of carbonyl (C=O) groups is 3. The summed E-state index contributed by atoms with van der Waals surface area (Å²) < 4.78 is 0. The highest BCUT2D eigenvalue weighted by molar-refractivity contribution is 5.65. The molecule has 1 rings (SSSR count). The number of rotatable bonds is 0. The minimum Gasteiger partial charge on any atom is -0.530 e. The van der Waals surface area contributed by atoms with Gasteiger partial charge in [-0.15, -0.1) is 0 Å². The normalized spacial score (nSPS) is 17.7. The molecule has 0 aromatic heterocycles. The molecule has 0 N–H and O–H groups in total. The highest BCUT2D eigenvalue weighted by atomic mass is 16.4. The highest BCUT2D eigenvalue weighted by Gasteiger charge is 2.15. The van der Waals surface area contributed by atoms with E-state index in [1.165, 1.54) is 0 Å². The lowest BCUT2D eigenvalue weighted by Gasteiger charge is -2.28. The summed E-state index contributed by atoms with van der Waals surface area (Å²) in [6, 6.07) is 0. The van der Waals surface area contributed by atoms with Crippen LogP contribution in [0.3, 0.4) is 0 Å². The van der Waals surface area contributed by atoms with Gasteiger partial charge in [-0.1, -0.05) is 0 Å². The van der Waals surface area contributed by atoms with Gasteiger partial charge in [0, 0.05) is 39.3 Å². The van der Waals surface area contributed by atoms with Gasteiger partial charge in [-0.05, 0) is 0 Å². The molecule has 9 nitrogen and oxygen atoms in total. The zero-order chi connectivity index (χ0) is 13.7. The first kappa shape index (κ1) is 13.9. The van der Waals surface area contributed by atoms with E-state index in [9.17, 15) is 29.7 Å². The third kappa shape index (κ3) is 3.68. The standard InChI is InChI=1S/C9H15N3O6/c13-7(14)10-1-2-11(8(15)16)5-6-12(4-3-10)9(17)18/h1-6H2,(H,13,14)(H,15,16)(H,17,18)/p-3. The third-order valence-electron chi connectivity index (χ3n) is 2.69. The average molecular weight is 258 g/mol. The Morgan fingerprint density at radius 1 is 0.556 bits per heavy atom. The summed E-state index contributed by atoms with van der Waals surface area (Å²) in [6.07, 6.45) is -4.43. The maximum absolute atomic E-state index is 10.7. The first-order valence-electron chi connectivity index (χ1n) is 5.29. The molecule has 0 aromatic carbocycles. The highest BCUT2D eigenvalue weighted by Crippen LogP contribution is 1.99. The Bertz CT molecular complexity index is 283. The lowest BCUT2D eigenvalue weighted by Crippen LogP contribution is -2.49. The largest absolute Gasteiger partial charge is 0.530 e. The summed E-state index contributed by atoms with van der Waals surface area (Å²) >= 11 is 0. The molecule has 102 valence electrons. The van der Waals surface area contributed by atoms with Crippen LogP contribution >= 0.6 is 0 Å². The van der Waals surface area contributed by atoms with Gasteiger partial charge in [0.1, 0.15) is 18.3 Å². The molecule has 1 aliphatic heterocycles. The summed E-state index contributed by atoms with van der Waals surface area (Å²) in [5.74, 6) is 0. The van der Waals surface area contributed by atoms with Gasteiger partial charge in [0.15, 0.2) is 0 Å². The zero-order valence-electron chi connectivity index (χ0n) is 9.53. The Kier molecular flexibility index (Phi) is 4.58. The van der Waals surface area contributed by atoms with Gasteiger partial charge >= 0.3 is 0 Å². The van der Waals surface area contributed by atoms with Crippen molar-refractivity contribution in [3.8, 4) is 0 Å². The van der Waals surface area contributed by atoms with E-state index in [-0.39, 0.29) is 39.3 Å². The van der Waals surface area contributed by atoms with Crippen molar-refractivity contribution in [2.24, 2.45) is 0 Å². The van der Waals surface area contributed by atoms with Crippen LogP contribution in [0.4, 0.5) is 14.4 Å². The van der Waals surface area contributed by atoms with Gasteiger partial charge in [0.05, 0.1) is 0 Å². The van der Waals surface area contributed by atoms with E-state index in [1.807, 2.05) is 0 Å². The molecule has 0 radical (unpaired) electrons. The van der Waals surface area contributed by atoms with Crippen molar-refractivity contribution in [2.75, 3.05) is 39.3 Å². The summed E-state index contributed by atoms with van der Waals surface area (Å²) in [7, 11) is 0. The number of nitrogens with zero attached hydrogens (tertiary/aromatic N) is 3. The van der Waals surface area contributed by atoms with Gasteiger partial charge in [0.25, 0.3) is 0 Å². The van der Waals surface area contributed by atoms with Crippen LogP contribution in [0.5, 0.6) is 0 Å². The predicted octanol–water partition coefficient (Wildman–Crippen LogP) is -4.06. The van der Waals surface area contributed by atoms with Gasteiger partial charge in [0.2, 0.25) is 0 Å². The molecule has 0 saturated carbocycles. The quantitative estimate of drug-likeness (QED) is 0.434. The molecule has 0 unspecified atom stereocenters. The molecular weight excluding hydrogens is 246 g/mol. The molecule has 0 spiro atoms. The number of amides is 3. The second-order valence-electron chi connectivity index (χ2n) is 3.76. The Hall–Kier alpha value is -2.19. The van der Waals surface area contributed by atoms with Crippen molar-refractivity contribution in [2.45, 2.75) is 0 Å². The van der Waals surface area contributed by atoms with Crippen LogP contribution in [0, 0.1) is 0 Å². The summed E-state index contributed by atoms with van der Waals surface area (Å²) in [4.78, 5) is 34.7. The first-order chi connectivity index (χ1) is 8.41. The Balaban J connectivity index is 2.77. The molecule has 1 heterocycles. The Labute approximate surface area is 103 Å². The summed E-state index contributed by atoms with van der Waals surface area (Å²) in [5.41, 5.74) is 0. The Morgan fingerprint density at radius 3 is 0.833 bits per heavy atom.